The molecule has 0 saturated heterocycles. The number of hydrogen-bond acceptors (Lipinski definition) is 4. The van der Waals surface area contributed by atoms with Crippen LogP contribution in [0.3, 0.4) is 0 Å². The maximum atomic E-state index is 11.3. The fraction of sp³-hybridized carbons (Fsp3) is 0.182. The summed E-state index contributed by atoms with van der Waals surface area (Å²) in [5.74, 6) is 0. The van der Waals surface area contributed by atoms with Gasteiger partial charge in [0.25, 0.3) is 0 Å². The molecule has 0 spiro atoms. The highest BCUT2D eigenvalue weighted by Gasteiger charge is 2.21. The summed E-state index contributed by atoms with van der Waals surface area (Å²) < 4.78 is 0. The van der Waals surface area contributed by atoms with Crippen LogP contribution in [0.25, 0.3) is 0 Å². The minimum atomic E-state index is -0.648. The maximum absolute atomic E-state index is 11.3. The van der Waals surface area contributed by atoms with Gasteiger partial charge in [-0.25, -0.2) is 0 Å². The molecule has 138 valence electrons. The number of nitrogens with zero attached hydrogens (tertiary/aromatic N) is 1. The van der Waals surface area contributed by atoms with Crippen LogP contribution in [-0.4, -0.2) is 11.5 Å². The third-order valence-electron chi connectivity index (χ3n) is 4.37. The van der Waals surface area contributed by atoms with Crippen molar-refractivity contribution in [3.05, 3.63) is 101 Å². The average molecular weight is 361 g/mol. The Kier molecular flexibility index (Phi) is 6.41. The van der Waals surface area contributed by atoms with Gasteiger partial charge in [-0.15, -0.1) is 0 Å². The lowest BCUT2D eigenvalue weighted by atomic mass is 10.0. The zero-order valence-corrected chi connectivity index (χ0v) is 15.0. The summed E-state index contributed by atoms with van der Waals surface area (Å²) >= 11 is 0. The van der Waals surface area contributed by atoms with Crippen molar-refractivity contribution in [1.82, 2.24) is 0 Å². The molecule has 0 saturated carbocycles. The van der Waals surface area contributed by atoms with Crippen molar-refractivity contribution < 1.29 is 4.92 Å². The predicted octanol–water partition coefficient (Wildman–Crippen LogP) is 5.64. The molecule has 3 rings (SSSR count). The van der Waals surface area contributed by atoms with Crippen LogP contribution in [0.1, 0.15) is 24.4 Å². The number of anilines is 3. The Morgan fingerprint density at radius 3 is 1.96 bits per heavy atom. The van der Waals surface area contributed by atoms with Crippen molar-refractivity contribution in [2.45, 2.75) is 18.9 Å². The second-order valence-electron chi connectivity index (χ2n) is 6.35. The molecule has 0 aliphatic carbocycles. The second-order valence-corrected chi connectivity index (χ2v) is 6.35. The first kappa shape index (κ1) is 18.5. The van der Waals surface area contributed by atoms with Gasteiger partial charge in [-0.3, -0.25) is 10.1 Å². The van der Waals surface area contributed by atoms with Gasteiger partial charge in [0.05, 0.1) is 0 Å². The Hall–Kier alpha value is -3.34. The first-order valence-corrected chi connectivity index (χ1v) is 9.07. The SMILES string of the molecule is O=[N+]([O-])C(CCCNc1ccc(Nc2ccccc2)cc1)c1ccccc1. The number of nitrogens with one attached hydrogen (secondary N) is 2. The lowest BCUT2D eigenvalue weighted by molar-refractivity contribution is -0.530. The van der Waals surface area contributed by atoms with Crippen LogP contribution in [0, 0.1) is 10.1 Å². The number of hydrogen-bond donors (Lipinski definition) is 2. The molecule has 27 heavy (non-hydrogen) atoms. The quantitative estimate of drug-likeness (QED) is 0.294. The van der Waals surface area contributed by atoms with Gasteiger partial charge in [0.1, 0.15) is 0 Å². The minimum Gasteiger partial charge on any atom is -0.385 e. The number of para-hydroxylation sites is 1. The summed E-state index contributed by atoms with van der Waals surface area (Å²) in [6.45, 7) is 0.697. The average Bonchev–Trinajstić information content (AvgIpc) is 2.70. The van der Waals surface area contributed by atoms with E-state index in [0.29, 0.717) is 13.0 Å². The first-order valence-electron chi connectivity index (χ1n) is 9.07. The van der Waals surface area contributed by atoms with Crippen LogP contribution in [0.4, 0.5) is 17.1 Å². The molecule has 0 radical (unpaired) electrons. The molecule has 0 aliphatic heterocycles. The largest absolute Gasteiger partial charge is 0.385 e. The molecule has 3 aromatic carbocycles. The van der Waals surface area contributed by atoms with E-state index in [-0.39, 0.29) is 4.92 Å². The first-order chi connectivity index (χ1) is 13.2. The molecular formula is C22H23N3O2. The number of nitro groups is 1. The van der Waals surface area contributed by atoms with Crippen LogP contribution in [-0.2, 0) is 0 Å². The lowest BCUT2D eigenvalue weighted by Crippen LogP contribution is -2.12. The topological polar surface area (TPSA) is 67.2 Å². The fourth-order valence-corrected chi connectivity index (χ4v) is 2.96. The van der Waals surface area contributed by atoms with Gasteiger partial charge in [0.2, 0.25) is 6.04 Å². The summed E-state index contributed by atoms with van der Waals surface area (Å²) in [6.07, 6.45) is 1.24. The van der Waals surface area contributed by atoms with E-state index in [1.165, 1.54) is 0 Å². The highest BCUT2D eigenvalue weighted by molar-refractivity contribution is 5.62. The smallest absolute Gasteiger partial charge is 0.238 e. The molecular weight excluding hydrogens is 338 g/mol. The summed E-state index contributed by atoms with van der Waals surface area (Å²) in [7, 11) is 0. The highest BCUT2D eigenvalue weighted by Crippen LogP contribution is 2.22. The molecule has 1 atom stereocenters. The molecule has 0 heterocycles. The van der Waals surface area contributed by atoms with Crippen LogP contribution in [0.15, 0.2) is 84.9 Å². The van der Waals surface area contributed by atoms with Crippen molar-refractivity contribution in [3.63, 3.8) is 0 Å². The minimum absolute atomic E-state index is 0.195. The van der Waals surface area contributed by atoms with E-state index in [9.17, 15) is 10.1 Å². The Morgan fingerprint density at radius 1 is 0.778 bits per heavy atom. The van der Waals surface area contributed by atoms with Crippen molar-refractivity contribution in [1.29, 1.82) is 0 Å². The molecule has 0 amide bonds. The van der Waals surface area contributed by atoms with Crippen molar-refractivity contribution in [2.24, 2.45) is 0 Å². The molecule has 2 N–H and O–H groups in total. The molecule has 0 bridgehead atoms. The predicted molar refractivity (Wildman–Crippen MR) is 110 cm³/mol. The van der Waals surface area contributed by atoms with E-state index >= 15 is 0 Å². The van der Waals surface area contributed by atoms with Gasteiger partial charge in [0, 0.05) is 40.5 Å². The molecule has 0 fully saturated rings. The Labute approximate surface area is 159 Å². The van der Waals surface area contributed by atoms with Crippen molar-refractivity contribution >= 4 is 17.1 Å². The Morgan fingerprint density at radius 2 is 1.33 bits per heavy atom. The summed E-state index contributed by atoms with van der Waals surface area (Å²) in [5.41, 5.74) is 3.83. The van der Waals surface area contributed by atoms with Crippen LogP contribution in [0.5, 0.6) is 0 Å². The summed E-state index contributed by atoms with van der Waals surface area (Å²) in [6, 6.07) is 26.6. The Bertz CT molecular complexity index is 836. The fourth-order valence-electron chi connectivity index (χ4n) is 2.96. The molecule has 3 aromatic rings. The van der Waals surface area contributed by atoms with Crippen LogP contribution in [0.2, 0.25) is 0 Å². The molecule has 1 unspecified atom stereocenters. The standard InChI is InChI=1S/C22H23N3O2/c26-25(27)22(18-8-3-1-4-9-18)12-7-17-23-19-13-15-21(16-14-19)24-20-10-5-2-6-11-20/h1-6,8-11,13-16,22-24H,7,12,17H2. The van der Waals surface area contributed by atoms with Gasteiger partial charge in [-0.2, -0.15) is 0 Å². The van der Waals surface area contributed by atoms with E-state index in [0.717, 1.165) is 29.0 Å². The van der Waals surface area contributed by atoms with Crippen molar-refractivity contribution in [3.8, 4) is 0 Å². The summed E-state index contributed by atoms with van der Waals surface area (Å²) in [5, 5.41) is 18.0. The van der Waals surface area contributed by atoms with Crippen LogP contribution < -0.4 is 10.6 Å². The van der Waals surface area contributed by atoms with Gasteiger partial charge in [0.15, 0.2) is 0 Å². The molecule has 0 aromatic heterocycles. The monoisotopic (exact) mass is 361 g/mol. The second kappa shape index (κ2) is 9.38. The molecule has 0 aliphatic rings. The van der Waals surface area contributed by atoms with Gasteiger partial charge < -0.3 is 10.6 Å². The van der Waals surface area contributed by atoms with Crippen molar-refractivity contribution in [2.75, 3.05) is 17.2 Å². The lowest BCUT2D eigenvalue weighted by Gasteiger charge is -2.11. The van der Waals surface area contributed by atoms with E-state index < -0.39 is 6.04 Å². The Balaban J connectivity index is 1.46. The number of benzene rings is 3. The van der Waals surface area contributed by atoms with E-state index in [1.807, 2.05) is 84.9 Å². The zero-order valence-electron chi connectivity index (χ0n) is 15.0. The normalized spacial score (nSPS) is 11.6. The number of rotatable bonds is 9. The highest BCUT2D eigenvalue weighted by atomic mass is 16.6. The van der Waals surface area contributed by atoms with Gasteiger partial charge in [-0.1, -0.05) is 48.5 Å². The van der Waals surface area contributed by atoms with E-state index in [1.54, 1.807) is 0 Å². The third kappa shape index (κ3) is 5.57. The summed E-state index contributed by atoms with van der Waals surface area (Å²) in [4.78, 5) is 11.1. The third-order valence-corrected chi connectivity index (χ3v) is 4.37. The van der Waals surface area contributed by atoms with Gasteiger partial charge in [-0.05, 0) is 42.8 Å². The zero-order chi connectivity index (χ0) is 18.9. The molecule has 5 heteroatoms. The van der Waals surface area contributed by atoms with E-state index in [4.69, 9.17) is 0 Å². The van der Waals surface area contributed by atoms with Crippen LogP contribution >= 0.6 is 0 Å². The van der Waals surface area contributed by atoms with E-state index in [2.05, 4.69) is 10.6 Å². The van der Waals surface area contributed by atoms with Gasteiger partial charge >= 0.3 is 0 Å². The molecule has 5 nitrogen and oxygen atoms in total. The maximum Gasteiger partial charge on any atom is 0.238 e.